The van der Waals surface area contributed by atoms with Gasteiger partial charge >= 0.3 is 0 Å². The molecule has 2 rings (SSSR count). The number of ketones is 1. The van der Waals surface area contributed by atoms with Crippen LogP contribution in [0.1, 0.15) is 30.1 Å². The van der Waals surface area contributed by atoms with Crippen molar-refractivity contribution in [3.05, 3.63) is 23.9 Å². The minimum absolute atomic E-state index is 0.0270. The maximum absolute atomic E-state index is 11.1. The number of hydrogen-bond acceptors (Lipinski definition) is 4. The largest absolute Gasteiger partial charge is 0.395 e. The van der Waals surface area contributed by atoms with Crippen LogP contribution >= 0.6 is 0 Å². The fourth-order valence-electron chi connectivity index (χ4n) is 1.74. The number of rotatable bonds is 5. The molecule has 0 aromatic carbocycles. The van der Waals surface area contributed by atoms with E-state index in [0.717, 1.165) is 18.7 Å². The molecule has 0 radical (unpaired) electrons. The van der Waals surface area contributed by atoms with E-state index >= 15 is 0 Å². The van der Waals surface area contributed by atoms with E-state index in [1.54, 1.807) is 12.3 Å². The summed E-state index contributed by atoms with van der Waals surface area (Å²) in [6.07, 6.45) is 3.93. The van der Waals surface area contributed by atoms with Gasteiger partial charge in [-0.3, -0.25) is 4.79 Å². The summed E-state index contributed by atoms with van der Waals surface area (Å²) >= 11 is 0. The van der Waals surface area contributed by atoms with E-state index in [9.17, 15) is 4.79 Å². The molecule has 1 saturated carbocycles. The van der Waals surface area contributed by atoms with Gasteiger partial charge in [0, 0.05) is 24.3 Å². The Bertz CT molecular complexity index is 371. The SMILES string of the molecule is CC(=O)c1ccc(N(CCO)C2CC2)nc1. The van der Waals surface area contributed by atoms with Crippen molar-refractivity contribution in [1.82, 2.24) is 4.98 Å². The molecule has 1 fully saturated rings. The minimum atomic E-state index is 0.0270. The zero-order chi connectivity index (χ0) is 11.5. The molecule has 1 aromatic rings. The molecule has 1 aliphatic rings. The van der Waals surface area contributed by atoms with E-state index in [1.807, 2.05) is 6.07 Å². The lowest BCUT2D eigenvalue weighted by molar-refractivity contribution is 0.101. The number of carbonyl (C=O) groups is 1. The summed E-state index contributed by atoms with van der Waals surface area (Å²) in [5.74, 6) is 0.876. The van der Waals surface area contributed by atoms with Crippen LogP contribution in [0.3, 0.4) is 0 Å². The average Bonchev–Trinajstić information content (AvgIpc) is 3.10. The van der Waals surface area contributed by atoms with Crippen molar-refractivity contribution in [3.8, 4) is 0 Å². The number of carbonyl (C=O) groups excluding carboxylic acids is 1. The fraction of sp³-hybridized carbons (Fsp3) is 0.500. The lowest BCUT2D eigenvalue weighted by Gasteiger charge is -2.22. The Labute approximate surface area is 94.9 Å². The Hall–Kier alpha value is -1.42. The molecule has 0 spiro atoms. The number of pyridine rings is 1. The number of aliphatic hydroxyl groups excluding tert-OH is 1. The topological polar surface area (TPSA) is 53.4 Å². The Balaban J connectivity index is 2.14. The highest BCUT2D eigenvalue weighted by Gasteiger charge is 2.29. The second-order valence-corrected chi connectivity index (χ2v) is 4.11. The van der Waals surface area contributed by atoms with Crippen molar-refractivity contribution in [3.63, 3.8) is 0 Å². The molecule has 1 N–H and O–H groups in total. The van der Waals surface area contributed by atoms with Crippen LogP contribution in [-0.2, 0) is 0 Å². The van der Waals surface area contributed by atoms with Crippen molar-refractivity contribution in [1.29, 1.82) is 0 Å². The van der Waals surface area contributed by atoms with Crippen LogP contribution in [0.4, 0.5) is 5.82 Å². The van der Waals surface area contributed by atoms with E-state index in [1.165, 1.54) is 6.92 Å². The number of anilines is 1. The Morgan fingerprint density at radius 3 is 2.75 bits per heavy atom. The second-order valence-electron chi connectivity index (χ2n) is 4.11. The Morgan fingerprint density at radius 2 is 2.31 bits per heavy atom. The standard InChI is InChI=1S/C12H16N2O2/c1-9(16)10-2-5-12(13-8-10)14(6-7-15)11-3-4-11/h2,5,8,11,15H,3-4,6-7H2,1H3. The molecule has 0 bridgehead atoms. The third-order valence-electron chi connectivity index (χ3n) is 2.78. The second kappa shape index (κ2) is 4.61. The molecule has 0 saturated heterocycles. The maximum atomic E-state index is 11.1. The third-order valence-corrected chi connectivity index (χ3v) is 2.78. The number of aromatic nitrogens is 1. The minimum Gasteiger partial charge on any atom is -0.395 e. The van der Waals surface area contributed by atoms with E-state index in [2.05, 4.69) is 9.88 Å². The molecule has 0 atom stereocenters. The smallest absolute Gasteiger partial charge is 0.161 e. The summed E-state index contributed by atoms with van der Waals surface area (Å²) in [4.78, 5) is 17.5. The summed E-state index contributed by atoms with van der Waals surface area (Å²) in [6, 6.07) is 4.16. The van der Waals surface area contributed by atoms with E-state index < -0.39 is 0 Å². The number of nitrogens with zero attached hydrogens (tertiary/aromatic N) is 2. The van der Waals surface area contributed by atoms with Gasteiger partial charge in [0.1, 0.15) is 5.82 Å². The fourth-order valence-corrected chi connectivity index (χ4v) is 1.74. The molecule has 16 heavy (non-hydrogen) atoms. The van der Waals surface area contributed by atoms with E-state index in [-0.39, 0.29) is 12.4 Å². The van der Waals surface area contributed by atoms with Crippen LogP contribution in [0.25, 0.3) is 0 Å². The first-order valence-corrected chi connectivity index (χ1v) is 5.57. The van der Waals surface area contributed by atoms with Crippen molar-refractivity contribution < 1.29 is 9.90 Å². The third kappa shape index (κ3) is 2.39. The van der Waals surface area contributed by atoms with Gasteiger partial charge in [-0.05, 0) is 31.9 Å². The summed E-state index contributed by atoms with van der Waals surface area (Å²) in [6.45, 7) is 2.27. The van der Waals surface area contributed by atoms with Gasteiger partial charge in [-0.1, -0.05) is 0 Å². The normalized spacial score (nSPS) is 14.9. The highest BCUT2D eigenvalue weighted by molar-refractivity contribution is 5.93. The van der Waals surface area contributed by atoms with Gasteiger partial charge in [-0.15, -0.1) is 0 Å². The summed E-state index contributed by atoms with van der Waals surface area (Å²) in [7, 11) is 0. The number of hydrogen-bond donors (Lipinski definition) is 1. The maximum Gasteiger partial charge on any atom is 0.161 e. The van der Waals surface area contributed by atoms with Gasteiger partial charge in [-0.25, -0.2) is 4.98 Å². The number of aliphatic hydroxyl groups is 1. The molecule has 0 unspecified atom stereocenters. The molecule has 1 heterocycles. The monoisotopic (exact) mass is 220 g/mol. The zero-order valence-corrected chi connectivity index (χ0v) is 9.39. The van der Waals surface area contributed by atoms with Crippen molar-refractivity contribution in [2.24, 2.45) is 0 Å². The molecule has 4 heteroatoms. The number of Topliss-reactive ketones (excluding diaryl/α,β-unsaturated/α-hetero) is 1. The van der Waals surface area contributed by atoms with Crippen LogP contribution in [0.2, 0.25) is 0 Å². The van der Waals surface area contributed by atoms with Crippen molar-refractivity contribution in [2.75, 3.05) is 18.1 Å². The van der Waals surface area contributed by atoms with Gasteiger partial charge < -0.3 is 10.0 Å². The lowest BCUT2D eigenvalue weighted by atomic mass is 10.2. The Morgan fingerprint density at radius 1 is 1.56 bits per heavy atom. The van der Waals surface area contributed by atoms with Crippen LogP contribution < -0.4 is 4.90 Å². The average molecular weight is 220 g/mol. The molecule has 4 nitrogen and oxygen atoms in total. The highest BCUT2D eigenvalue weighted by atomic mass is 16.3. The van der Waals surface area contributed by atoms with Crippen LogP contribution in [0, 0.1) is 0 Å². The Kier molecular flexibility index (Phi) is 3.19. The molecule has 0 aliphatic heterocycles. The quantitative estimate of drug-likeness (QED) is 0.759. The van der Waals surface area contributed by atoms with Crippen molar-refractivity contribution >= 4 is 11.6 Å². The van der Waals surface area contributed by atoms with Gasteiger partial charge in [0.15, 0.2) is 5.78 Å². The molecule has 0 amide bonds. The first kappa shape index (κ1) is 11.1. The van der Waals surface area contributed by atoms with E-state index in [4.69, 9.17) is 5.11 Å². The van der Waals surface area contributed by atoms with Gasteiger partial charge in [-0.2, -0.15) is 0 Å². The van der Waals surface area contributed by atoms with Gasteiger partial charge in [0.2, 0.25) is 0 Å². The van der Waals surface area contributed by atoms with Crippen LogP contribution in [0.15, 0.2) is 18.3 Å². The molecule has 1 aromatic heterocycles. The predicted molar refractivity (Wildman–Crippen MR) is 61.7 cm³/mol. The summed E-state index contributed by atoms with van der Waals surface area (Å²) in [5.41, 5.74) is 0.628. The molecular formula is C12H16N2O2. The summed E-state index contributed by atoms with van der Waals surface area (Å²) < 4.78 is 0. The molecule has 86 valence electrons. The first-order chi connectivity index (χ1) is 7.72. The lowest BCUT2D eigenvalue weighted by Crippen LogP contribution is -2.29. The molecular weight excluding hydrogens is 204 g/mol. The van der Waals surface area contributed by atoms with Crippen LogP contribution in [0.5, 0.6) is 0 Å². The van der Waals surface area contributed by atoms with Gasteiger partial charge in [0.05, 0.1) is 6.61 Å². The van der Waals surface area contributed by atoms with E-state index in [0.29, 0.717) is 18.2 Å². The molecule has 1 aliphatic carbocycles. The first-order valence-electron chi connectivity index (χ1n) is 5.57. The summed E-state index contributed by atoms with van der Waals surface area (Å²) in [5, 5.41) is 8.99. The van der Waals surface area contributed by atoms with Gasteiger partial charge in [0.25, 0.3) is 0 Å². The predicted octanol–water partition coefficient (Wildman–Crippen LogP) is 1.25. The van der Waals surface area contributed by atoms with Crippen molar-refractivity contribution in [2.45, 2.75) is 25.8 Å². The highest BCUT2D eigenvalue weighted by Crippen LogP contribution is 2.30. The van der Waals surface area contributed by atoms with Crippen LogP contribution in [-0.4, -0.2) is 35.1 Å². The zero-order valence-electron chi connectivity index (χ0n) is 9.39.